The number of ether oxygens (including phenoxy) is 2. The molecular weight excluding hydrogens is 305 g/mol. The molecule has 0 aliphatic carbocycles. The number of hydrogen-bond donors (Lipinski definition) is 0. The maximum atomic E-state index is 13.5. The first-order chi connectivity index (χ1) is 11.0. The molecule has 1 aliphatic rings. The number of halogens is 1. The lowest BCUT2D eigenvalue weighted by atomic mass is 10.1. The van der Waals surface area contributed by atoms with E-state index in [1.54, 1.807) is 13.8 Å². The summed E-state index contributed by atoms with van der Waals surface area (Å²) in [6.45, 7) is 3.31. The Balaban J connectivity index is 2.40. The fourth-order valence-corrected chi connectivity index (χ4v) is 2.26. The lowest BCUT2D eigenvalue weighted by molar-refractivity contribution is -0.142. The smallest absolute Gasteiger partial charge is 0.331 e. The van der Waals surface area contributed by atoms with Crippen molar-refractivity contribution in [3.05, 3.63) is 35.7 Å². The number of fused-ring (bicyclic) bond motifs is 1. The number of carbonyl (C=O) groups is 3. The number of anilines is 1. The van der Waals surface area contributed by atoms with E-state index in [1.807, 2.05) is 0 Å². The first kappa shape index (κ1) is 16.7. The van der Waals surface area contributed by atoms with Gasteiger partial charge in [0.15, 0.2) is 0 Å². The van der Waals surface area contributed by atoms with Gasteiger partial charge >= 0.3 is 11.9 Å². The van der Waals surface area contributed by atoms with Gasteiger partial charge in [-0.25, -0.2) is 9.18 Å². The van der Waals surface area contributed by atoms with E-state index < -0.39 is 23.7 Å². The van der Waals surface area contributed by atoms with Crippen LogP contribution in [0.4, 0.5) is 10.1 Å². The summed E-state index contributed by atoms with van der Waals surface area (Å²) in [5.74, 6) is -2.42. The van der Waals surface area contributed by atoms with E-state index in [0.717, 1.165) is 17.0 Å². The SMILES string of the molecule is CCOC(=O)/C=C1/C(=O)N(CC(=O)OCC)c2ccc(F)cc21. The van der Waals surface area contributed by atoms with Gasteiger partial charge in [0.2, 0.25) is 0 Å². The Hall–Kier alpha value is -2.70. The average Bonchev–Trinajstić information content (AvgIpc) is 2.73. The van der Waals surface area contributed by atoms with Crippen molar-refractivity contribution in [2.24, 2.45) is 0 Å². The number of rotatable bonds is 5. The summed E-state index contributed by atoms with van der Waals surface area (Å²) in [4.78, 5) is 36.9. The van der Waals surface area contributed by atoms with Crippen LogP contribution in [0.1, 0.15) is 19.4 Å². The summed E-state index contributed by atoms with van der Waals surface area (Å²) >= 11 is 0. The van der Waals surface area contributed by atoms with Crippen molar-refractivity contribution in [1.82, 2.24) is 0 Å². The Bertz CT molecular complexity index is 683. The molecule has 6 nitrogen and oxygen atoms in total. The number of benzene rings is 1. The highest BCUT2D eigenvalue weighted by Crippen LogP contribution is 2.37. The van der Waals surface area contributed by atoms with Gasteiger partial charge in [-0.2, -0.15) is 0 Å². The van der Waals surface area contributed by atoms with E-state index in [4.69, 9.17) is 9.47 Å². The van der Waals surface area contributed by atoms with E-state index in [2.05, 4.69) is 0 Å². The summed E-state index contributed by atoms with van der Waals surface area (Å²) < 4.78 is 23.1. The molecule has 0 bridgehead atoms. The zero-order valence-electron chi connectivity index (χ0n) is 12.8. The Morgan fingerprint density at radius 2 is 1.91 bits per heavy atom. The Labute approximate surface area is 132 Å². The van der Waals surface area contributed by atoms with E-state index in [0.29, 0.717) is 5.69 Å². The molecule has 1 aromatic rings. The molecule has 23 heavy (non-hydrogen) atoms. The maximum absolute atomic E-state index is 13.5. The minimum atomic E-state index is -0.705. The van der Waals surface area contributed by atoms with Crippen molar-refractivity contribution in [3.63, 3.8) is 0 Å². The number of amides is 1. The molecule has 1 aromatic carbocycles. The van der Waals surface area contributed by atoms with Crippen LogP contribution in [0.15, 0.2) is 24.3 Å². The molecule has 7 heteroatoms. The predicted octanol–water partition coefficient (Wildman–Crippen LogP) is 1.68. The second-order valence-electron chi connectivity index (χ2n) is 4.67. The molecule has 0 N–H and O–H groups in total. The molecule has 0 saturated heterocycles. The van der Waals surface area contributed by atoms with Crippen LogP contribution in [0.3, 0.4) is 0 Å². The molecular formula is C16H16FNO5. The number of nitrogens with zero attached hydrogens (tertiary/aromatic N) is 1. The summed E-state index contributed by atoms with van der Waals surface area (Å²) in [5, 5.41) is 0. The van der Waals surface area contributed by atoms with Crippen LogP contribution in [0.2, 0.25) is 0 Å². The molecule has 2 rings (SSSR count). The number of hydrogen-bond acceptors (Lipinski definition) is 5. The highest BCUT2D eigenvalue weighted by Gasteiger charge is 2.34. The Kier molecular flexibility index (Phi) is 5.10. The summed E-state index contributed by atoms with van der Waals surface area (Å²) in [7, 11) is 0. The zero-order chi connectivity index (χ0) is 17.0. The van der Waals surface area contributed by atoms with Gasteiger partial charge in [-0.15, -0.1) is 0 Å². The van der Waals surface area contributed by atoms with E-state index >= 15 is 0 Å². The molecule has 0 fully saturated rings. The second-order valence-corrected chi connectivity index (χ2v) is 4.67. The average molecular weight is 321 g/mol. The van der Waals surface area contributed by atoms with Crippen LogP contribution in [0.25, 0.3) is 5.57 Å². The highest BCUT2D eigenvalue weighted by molar-refractivity contribution is 6.35. The van der Waals surface area contributed by atoms with E-state index in [-0.39, 0.29) is 30.9 Å². The largest absolute Gasteiger partial charge is 0.465 e. The maximum Gasteiger partial charge on any atom is 0.331 e. The van der Waals surface area contributed by atoms with Crippen LogP contribution in [-0.2, 0) is 23.9 Å². The monoisotopic (exact) mass is 321 g/mol. The van der Waals surface area contributed by atoms with Gasteiger partial charge in [0, 0.05) is 11.6 Å². The number of carbonyl (C=O) groups excluding carboxylic acids is 3. The molecule has 0 spiro atoms. The third kappa shape index (κ3) is 3.56. The molecule has 122 valence electrons. The minimum Gasteiger partial charge on any atom is -0.465 e. The molecule has 0 atom stereocenters. The quantitative estimate of drug-likeness (QED) is 0.609. The van der Waals surface area contributed by atoms with Crippen molar-refractivity contribution >= 4 is 29.1 Å². The predicted molar refractivity (Wildman–Crippen MR) is 80.0 cm³/mol. The summed E-state index contributed by atoms with van der Waals surface area (Å²) in [6, 6.07) is 3.70. The molecule has 1 heterocycles. The molecule has 1 amide bonds. The van der Waals surface area contributed by atoms with Gasteiger partial charge in [-0.1, -0.05) is 0 Å². The van der Waals surface area contributed by atoms with Gasteiger partial charge in [-0.3, -0.25) is 14.5 Å². The molecule has 0 unspecified atom stereocenters. The van der Waals surface area contributed by atoms with Crippen molar-refractivity contribution in [3.8, 4) is 0 Å². The summed E-state index contributed by atoms with van der Waals surface area (Å²) in [5.41, 5.74) is 0.578. The van der Waals surface area contributed by atoms with Crippen molar-refractivity contribution < 1.29 is 28.2 Å². The van der Waals surface area contributed by atoms with Crippen LogP contribution in [-0.4, -0.2) is 37.6 Å². The van der Waals surface area contributed by atoms with Gasteiger partial charge in [-0.05, 0) is 32.0 Å². The summed E-state index contributed by atoms with van der Waals surface area (Å²) in [6.07, 6.45) is 1.01. The van der Waals surface area contributed by atoms with Crippen molar-refractivity contribution in [1.29, 1.82) is 0 Å². The van der Waals surface area contributed by atoms with Crippen LogP contribution in [0.5, 0.6) is 0 Å². The highest BCUT2D eigenvalue weighted by atomic mass is 19.1. The van der Waals surface area contributed by atoms with E-state index in [1.165, 1.54) is 12.1 Å². The molecule has 1 aliphatic heterocycles. The van der Waals surface area contributed by atoms with Crippen molar-refractivity contribution in [2.45, 2.75) is 13.8 Å². The molecule has 0 saturated carbocycles. The normalized spacial score (nSPS) is 14.8. The van der Waals surface area contributed by atoms with Gasteiger partial charge in [0.1, 0.15) is 12.4 Å². The van der Waals surface area contributed by atoms with Gasteiger partial charge in [0.05, 0.1) is 24.5 Å². The third-order valence-corrected chi connectivity index (χ3v) is 3.16. The molecule has 0 aromatic heterocycles. The minimum absolute atomic E-state index is 0.0118. The lowest BCUT2D eigenvalue weighted by Gasteiger charge is -2.15. The van der Waals surface area contributed by atoms with Crippen molar-refractivity contribution in [2.75, 3.05) is 24.7 Å². The van der Waals surface area contributed by atoms with Crippen LogP contribution < -0.4 is 4.90 Å². The van der Waals surface area contributed by atoms with Crippen LogP contribution >= 0.6 is 0 Å². The van der Waals surface area contributed by atoms with Gasteiger partial charge < -0.3 is 9.47 Å². The fraction of sp³-hybridized carbons (Fsp3) is 0.312. The molecule has 0 radical (unpaired) electrons. The van der Waals surface area contributed by atoms with Crippen LogP contribution in [0, 0.1) is 5.82 Å². The topological polar surface area (TPSA) is 72.9 Å². The lowest BCUT2D eigenvalue weighted by Crippen LogP contribution is -2.33. The Morgan fingerprint density at radius 3 is 2.57 bits per heavy atom. The first-order valence-electron chi connectivity index (χ1n) is 7.13. The standard InChI is InChI=1S/C16H16FNO5/c1-3-22-14(19)8-12-11-7-10(17)5-6-13(11)18(16(12)21)9-15(20)23-4-2/h5-8H,3-4,9H2,1-2H3/b12-8+. The van der Waals surface area contributed by atoms with Gasteiger partial charge in [0.25, 0.3) is 5.91 Å². The first-order valence-corrected chi connectivity index (χ1v) is 7.13. The fourth-order valence-electron chi connectivity index (χ4n) is 2.26. The van der Waals surface area contributed by atoms with E-state index in [9.17, 15) is 18.8 Å². The number of esters is 2. The second kappa shape index (κ2) is 7.04. The third-order valence-electron chi connectivity index (χ3n) is 3.16. The zero-order valence-corrected chi connectivity index (χ0v) is 12.8. The Morgan fingerprint density at radius 1 is 1.22 bits per heavy atom.